The molecule has 190 valence electrons. The van der Waals surface area contributed by atoms with E-state index < -0.39 is 5.97 Å². The first kappa shape index (κ1) is 25.3. The smallest absolute Gasteiger partial charge is 0.316 e. The number of carbonyl (C=O) groups excluding carboxylic acids is 1. The number of fused-ring (bicyclic) bond motifs is 2. The summed E-state index contributed by atoms with van der Waals surface area (Å²) in [6.07, 6.45) is 3.71. The fourth-order valence-corrected chi connectivity index (χ4v) is 5.54. The normalized spacial score (nSPS) is 11.5. The maximum Gasteiger partial charge on any atom is 0.346 e. The third-order valence-electron chi connectivity index (χ3n) is 6.38. The second-order valence-corrected chi connectivity index (χ2v) is 10.4. The number of thiazole rings is 1. The minimum atomic E-state index is -0.432. The number of imidazole rings is 1. The molecule has 3 heterocycles. The second kappa shape index (κ2) is 10.6. The number of aryl methyl sites for hydroxylation is 3. The molecule has 0 bridgehead atoms. The number of hydrogen-bond donors (Lipinski definition) is 0. The van der Waals surface area contributed by atoms with Crippen LogP contribution in [0.4, 0.5) is 0 Å². The van der Waals surface area contributed by atoms with E-state index in [-0.39, 0.29) is 6.42 Å². The van der Waals surface area contributed by atoms with Crippen LogP contribution in [0, 0.1) is 13.8 Å². The van der Waals surface area contributed by atoms with Gasteiger partial charge < -0.3 is 4.57 Å². The van der Waals surface area contributed by atoms with E-state index in [2.05, 4.69) is 16.9 Å². The summed E-state index contributed by atoms with van der Waals surface area (Å²) in [6, 6.07) is 11.7. The number of rotatable bonds is 8. The average Bonchev–Trinajstić information content (AvgIpc) is 3.42. The molecule has 0 aliphatic rings. The molecular weight excluding hydrogens is 508 g/mol. The Hall–Kier alpha value is -3.33. The number of nitrogens with zero attached hydrogens (tertiary/aromatic N) is 4. The molecule has 0 saturated heterocycles. The largest absolute Gasteiger partial charge is 0.346 e. The molecule has 0 saturated carbocycles. The van der Waals surface area contributed by atoms with Gasteiger partial charge in [0, 0.05) is 29.4 Å². The molecule has 7 nitrogen and oxygen atoms in total. The summed E-state index contributed by atoms with van der Waals surface area (Å²) in [5.74, 6) is 0.471. The van der Waals surface area contributed by atoms with E-state index >= 15 is 0 Å². The van der Waals surface area contributed by atoms with Gasteiger partial charge in [-0.1, -0.05) is 37.1 Å². The summed E-state index contributed by atoms with van der Waals surface area (Å²) in [7, 11) is 1.96. The van der Waals surface area contributed by atoms with Crippen LogP contribution >= 0.6 is 22.9 Å². The lowest BCUT2D eigenvalue weighted by Crippen LogP contribution is -2.11. The Bertz CT molecular complexity index is 1610. The zero-order valence-electron chi connectivity index (χ0n) is 21.2. The van der Waals surface area contributed by atoms with Gasteiger partial charge in [0.1, 0.15) is 16.3 Å². The van der Waals surface area contributed by atoms with E-state index in [1.807, 2.05) is 68.1 Å². The van der Waals surface area contributed by atoms with Crippen LogP contribution in [0.25, 0.3) is 43.1 Å². The van der Waals surface area contributed by atoms with Crippen molar-refractivity contribution in [3.8, 4) is 21.7 Å². The number of benzene rings is 2. The molecule has 0 atom stereocenters. The van der Waals surface area contributed by atoms with Crippen LogP contribution in [-0.2, 0) is 28.0 Å². The minimum absolute atomic E-state index is 0.0832. The van der Waals surface area contributed by atoms with Crippen molar-refractivity contribution >= 4 is 50.3 Å². The lowest BCUT2D eigenvalue weighted by atomic mass is 9.93. The van der Waals surface area contributed by atoms with Gasteiger partial charge in [0.25, 0.3) is 0 Å². The van der Waals surface area contributed by atoms with Crippen molar-refractivity contribution in [2.75, 3.05) is 6.61 Å². The predicted molar refractivity (Wildman–Crippen MR) is 148 cm³/mol. The number of unbranched alkanes of at least 4 members (excludes halogenated alkanes) is 1. The zero-order chi connectivity index (χ0) is 26.1. The number of aromatic nitrogens is 4. The summed E-state index contributed by atoms with van der Waals surface area (Å²) >= 11 is 7.75. The van der Waals surface area contributed by atoms with E-state index in [0.29, 0.717) is 11.6 Å². The predicted octanol–water partition coefficient (Wildman–Crippen LogP) is 7.00. The summed E-state index contributed by atoms with van der Waals surface area (Å²) in [6.45, 7) is 6.39. The van der Waals surface area contributed by atoms with Crippen molar-refractivity contribution in [3.05, 3.63) is 64.6 Å². The molecule has 0 aliphatic heterocycles. The number of carbonyl (C=O) groups is 1. The Balaban J connectivity index is 1.60. The number of pyridine rings is 1. The van der Waals surface area contributed by atoms with Crippen LogP contribution in [0.3, 0.4) is 0 Å². The van der Waals surface area contributed by atoms with E-state index in [1.54, 1.807) is 11.3 Å². The summed E-state index contributed by atoms with van der Waals surface area (Å²) in [4.78, 5) is 37.1. The van der Waals surface area contributed by atoms with Gasteiger partial charge in [-0.2, -0.15) is 4.89 Å². The maximum absolute atomic E-state index is 12.7. The first-order valence-electron chi connectivity index (χ1n) is 12.2. The van der Waals surface area contributed by atoms with Gasteiger partial charge in [0.15, 0.2) is 5.65 Å². The molecule has 0 aliphatic carbocycles. The summed E-state index contributed by atoms with van der Waals surface area (Å²) < 4.78 is 2.95. The van der Waals surface area contributed by atoms with Gasteiger partial charge in [-0.3, -0.25) is 4.89 Å². The van der Waals surface area contributed by atoms with Crippen molar-refractivity contribution in [2.45, 2.75) is 40.0 Å². The van der Waals surface area contributed by atoms with Gasteiger partial charge in [0.2, 0.25) is 0 Å². The highest BCUT2D eigenvalue weighted by molar-refractivity contribution is 7.22. The molecule has 0 fully saturated rings. The standard InChI is InChI=1S/C28H27ClN4O3S/c1-5-6-11-35-36-24(34)14-21-16(2)12-22-26(25(21)18-7-9-20(29)10-8-18)37-28(32-22)19-13-23-27(30-15-19)33(4)17(3)31-23/h7-10,12-13,15H,5-6,11,14H2,1-4H3. The quantitative estimate of drug-likeness (QED) is 0.121. The average molecular weight is 535 g/mol. The third-order valence-corrected chi connectivity index (χ3v) is 7.77. The maximum atomic E-state index is 12.7. The molecule has 5 aromatic rings. The molecule has 2 aromatic carbocycles. The summed E-state index contributed by atoms with van der Waals surface area (Å²) in [5, 5.41) is 1.48. The molecule has 3 aromatic heterocycles. The van der Waals surface area contributed by atoms with Crippen LogP contribution in [0.15, 0.2) is 42.6 Å². The van der Waals surface area contributed by atoms with E-state index in [0.717, 1.165) is 72.9 Å². The Kier molecular flexibility index (Phi) is 7.24. The van der Waals surface area contributed by atoms with Gasteiger partial charge in [-0.15, -0.1) is 11.3 Å². The fraction of sp³-hybridized carbons (Fsp3) is 0.286. The van der Waals surface area contributed by atoms with Gasteiger partial charge in [-0.25, -0.2) is 19.7 Å². The topological polar surface area (TPSA) is 79.1 Å². The van der Waals surface area contributed by atoms with Crippen molar-refractivity contribution < 1.29 is 14.6 Å². The SMILES string of the molecule is CCCCOOC(=O)Cc1c(C)cc2nc(-c3cnc4c(c3)nc(C)n4C)sc2c1-c1ccc(Cl)cc1. The zero-order valence-corrected chi connectivity index (χ0v) is 22.7. The third kappa shape index (κ3) is 5.09. The molecule has 37 heavy (non-hydrogen) atoms. The highest BCUT2D eigenvalue weighted by atomic mass is 35.5. The Morgan fingerprint density at radius 2 is 1.86 bits per heavy atom. The fourth-order valence-electron chi connectivity index (χ4n) is 4.30. The Morgan fingerprint density at radius 1 is 1.08 bits per heavy atom. The lowest BCUT2D eigenvalue weighted by molar-refractivity contribution is -0.272. The molecule has 9 heteroatoms. The molecule has 0 radical (unpaired) electrons. The molecule has 0 spiro atoms. The van der Waals surface area contributed by atoms with Crippen LogP contribution < -0.4 is 0 Å². The van der Waals surface area contributed by atoms with Crippen molar-refractivity contribution in [2.24, 2.45) is 7.05 Å². The number of halogens is 1. The summed E-state index contributed by atoms with van der Waals surface area (Å²) in [5.41, 5.74) is 7.16. The lowest BCUT2D eigenvalue weighted by Gasteiger charge is -2.14. The van der Waals surface area contributed by atoms with E-state index in [4.69, 9.17) is 26.4 Å². The van der Waals surface area contributed by atoms with Crippen LogP contribution in [0.5, 0.6) is 0 Å². The highest BCUT2D eigenvalue weighted by Crippen LogP contribution is 2.41. The molecule has 0 unspecified atom stereocenters. The van der Waals surface area contributed by atoms with Gasteiger partial charge in [0.05, 0.1) is 23.2 Å². The van der Waals surface area contributed by atoms with Crippen LogP contribution in [-0.4, -0.2) is 32.1 Å². The molecular formula is C28H27ClN4O3S. The second-order valence-electron chi connectivity index (χ2n) is 9.01. The van der Waals surface area contributed by atoms with Crippen molar-refractivity contribution in [3.63, 3.8) is 0 Å². The van der Waals surface area contributed by atoms with Crippen molar-refractivity contribution in [1.29, 1.82) is 0 Å². The monoisotopic (exact) mass is 534 g/mol. The Morgan fingerprint density at radius 3 is 2.62 bits per heavy atom. The Labute approximate surface area is 224 Å². The molecule has 5 rings (SSSR count). The highest BCUT2D eigenvalue weighted by Gasteiger charge is 2.21. The van der Waals surface area contributed by atoms with E-state index in [1.165, 1.54) is 0 Å². The van der Waals surface area contributed by atoms with Crippen molar-refractivity contribution in [1.82, 2.24) is 19.5 Å². The van der Waals surface area contributed by atoms with Gasteiger partial charge >= 0.3 is 5.97 Å². The first-order valence-corrected chi connectivity index (χ1v) is 13.4. The van der Waals surface area contributed by atoms with E-state index in [9.17, 15) is 4.79 Å². The molecule has 0 amide bonds. The first-order chi connectivity index (χ1) is 17.9. The minimum Gasteiger partial charge on any atom is -0.316 e. The van der Waals surface area contributed by atoms with Crippen LogP contribution in [0.2, 0.25) is 5.02 Å². The van der Waals surface area contributed by atoms with Gasteiger partial charge in [-0.05, 0) is 61.2 Å². The van der Waals surface area contributed by atoms with Crippen LogP contribution in [0.1, 0.15) is 36.7 Å². The number of hydrogen-bond acceptors (Lipinski definition) is 7. The molecule has 0 N–H and O–H groups in total.